The monoisotopic (exact) mass is 389 g/mol. The van der Waals surface area contributed by atoms with Crippen molar-refractivity contribution >= 4 is 22.0 Å². The largest absolute Gasteiger partial charge is 0.445 e. The molecule has 11 heteroatoms. The van der Waals surface area contributed by atoms with E-state index in [4.69, 9.17) is 5.73 Å². The second-order valence-corrected chi connectivity index (χ2v) is 5.19. The fraction of sp³-hybridized carbons (Fsp3) is 0.167. The standard InChI is InChI=1S/C12H10BrF2N5O3/c13-8-1-9(15)10(17-3-8)19-6-18-20(12(19)22)4-7(2-14)5-23-11(16)21/h1-3,6H,4-5H2,(H2,16,21). The van der Waals surface area contributed by atoms with Gasteiger partial charge in [0, 0.05) is 16.2 Å². The van der Waals surface area contributed by atoms with E-state index in [1.54, 1.807) is 0 Å². The molecule has 2 aromatic rings. The lowest BCUT2D eigenvalue weighted by Gasteiger charge is -2.05. The lowest BCUT2D eigenvalue weighted by Crippen LogP contribution is -2.26. The second kappa shape index (κ2) is 7.13. The summed E-state index contributed by atoms with van der Waals surface area (Å²) in [6, 6.07) is 1.14. The van der Waals surface area contributed by atoms with Crippen molar-refractivity contribution in [3.63, 3.8) is 0 Å². The number of ether oxygens (including phenoxy) is 1. The number of hydrogen-bond acceptors (Lipinski definition) is 5. The highest BCUT2D eigenvalue weighted by molar-refractivity contribution is 9.10. The molecule has 0 bridgehead atoms. The molecule has 0 fully saturated rings. The van der Waals surface area contributed by atoms with Gasteiger partial charge in [0.15, 0.2) is 11.6 Å². The summed E-state index contributed by atoms with van der Waals surface area (Å²) < 4.78 is 33.1. The number of pyridine rings is 1. The summed E-state index contributed by atoms with van der Waals surface area (Å²) in [5, 5.41) is 3.74. The molecular formula is C12H10BrF2N5O3. The molecule has 2 aromatic heterocycles. The van der Waals surface area contributed by atoms with Crippen molar-refractivity contribution in [1.29, 1.82) is 0 Å². The number of carbonyl (C=O) groups is 1. The van der Waals surface area contributed by atoms with E-state index in [0.717, 1.165) is 21.6 Å². The Morgan fingerprint density at radius 2 is 2.26 bits per heavy atom. The molecule has 0 radical (unpaired) electrons. The van der Waals surface area contributed by atoms with Crippen molar-refractivity contribution in [2.75, 3.05) is 6.61 Å². The maximum Gasteiger partial charge on any atom is 0.404 e. The molecule has 2 heterocycles. The normalized spacial score (nSPS) is 11.5. The lowest BCUT2D eigenvalue weighted by atomic mass is 10.3. The number of aromatic nitrogens is 4. The molecule has 0 spiro atoms. The number of hydrogen-bond donors (Lipinski definition) is 1. The fourth-order valence-electron chi connectivity index (χ4n) is 1.64. The topological polar surface area (TPSA) is 105 Å². The average molecular weight is 390 g/mol. The Kier molecular flexibility index (Phi) is 5.21. The number of nitrogens with zero attached hydrogens (tertiary/aromatic N) is 4. The van der Waals surface area contributed by atoms with Crippen LogP contribution in [-0.4, -0.2) is 32.0 Å². The zero-order valence-electron chi connectivity index (χ0n) is 11.4. The van der Waals surface area contributed by atoms with Crippen molar-refractivity contribution in [2.24, 2.45) is 5.73 Å². The number of nitrogens with two attached hydrogens (primary N) is 1. The molecule has 2 N–H and O–H groups in total. The number of rotatable bonds is 5. The van der Waals surface area contributed by atoms with Gasteiger partial charge in [-0.25, -0.2) is 32.6 Å². The summed E-state index contributed by atoms with van der Waals surface area (Å²) in [5.41, 5.74) is 3.98. The maximum atomic E-state index is 13.8. The van der Waals surface area contributed by atoms with Gasteiger partial charge < -0.3 is 10.5 Å². The summed E-state index contributed by atoms with van der Waals surface area (Å²) in [4.78, 5) is 26.5. The predicted molar refractivity (Wildman–Crippen MR) is 78.0 cm³/mol. The van der Waals surface area contributed by atoms with Crippen molar-refractivity contribution in [1.82, 2.24) is 19.3 Å². The van der Waals surface area contributed by atoms with Crippen LogP contribution in [0.4, 0.5) is 13.6 Å². The van der Waals surface area contributed by atoms with Crippen LogP contribution in [0.25, 0.3) is 5.82 Å². The first-order valence-electron chi connectivity index (χ1n) is 6.08. The lowest BCUT2D eigenvalue weighted by molar-refractivity contribution is 0.164. The number of halogens is 3. The SMILES string of the molecule is NC(=O)OCC(=CF)Cn1ncn(-c2ncc(Br)cc2F)c1=O. The van der Waals surface area contributed by atoms with Crippen molar-refractivity contribution < 1.29 is 18.3 Å². The van der Waals surface area contributed by atoms with E-state index in [0.29, 0.717) is 4.47 Å². The highest BCUT2D eigenvalue weighted by Gasteiger charge is 2.14. The van der Waals surface area contributed by atoms with Gasteiger partial charge in [-0.05, 0) is 22.0 Å². The predicted octanol–water partition coefficient (Wildman–Crippen LogP) is 1.28. The molecule has 23 heavy (non-hydrogen) atoms. The smallest absolute Gasteiger partial charge is 0.404 e. The zero-order chi connectivity index (χ0) is 17.0. The molecule has 0 aliphatic heterocycles. The van der Waals surface area contributed by atoms with Crippen LogP contribution in [-0.2, 0) is 11.3 Å². The Hall–Kier alpha value is -2.56. The van der Waals surface area contributed by atoms with Crippen LogP contribution >= 0.6 is 15.9 Å². The zero-order valence-corrected chi connectivity index (χ0v) is 13.0. The maximum absolute atomic E-state index is 13.8. The molecule has 0 atom stereocenters. The fourth-order valence-corrected chi connectivity index (χ4v) is 1.95. The van der Waals surface area contributed by atoms with E-state index in [-0.39, 0.29) is 24.3 Å². The number of amides is 1. The summed E-state index contributed by atoms with van der Waals surface area (Å²) in [6.07, 6.45) is 1.46. The van der Waals surface area contributed by atoms with Gasteiger partial charge in [0.05, 0.1) is 12.9 Å². The molecule has 122 valence electrons. The van der Waals surface area contributed by atoms with Crippen LogP contribution in [0.2, 0.25) is 0 Å². The van der Waals surface area contributed by atoms with Gasteiger partial charge in [0.25, 0.3) is 0 Å². The van der Waals surface area contributed by atoms with Crippen LogP contribution < -0.4 is 11.4 Å². The third-order valence-electron chi connectivity index (χ3n) is 2.66. The van der Waals surface area contributed by atoms with Gasteiger partial charge in [0.1, 0.15) is 12.9 Å². The van der Waals surface area contributed by atoms with Gasteiger partial charge in [-0.3, -0.25) is 0 Å². The molecule has 0 saturated carbocycles. The Balaban J connectivity index is 2.25. The molecule has 1 amide bonds. The quantitative estimate of drug-likeness (QED) is 0.828. The van der Waals surface area contributed by atoms with Crippen molar-refractivity contribution in [3.8, 4) is 5.82 Å². The minimum Gasteiger partial charge on any atom is -0.445 e. The molecule has 0 aliphatic carbocycles. The van der Waals surface area contributed by atoms with Crippen LogP contribution in [0.15, 0.2) is 39.8 Å². The number of carbonyl (C=O) groups excluding carboxylic acids is 1. The Bertz CT molecular complexity index is 817. The van der Waals surface area contributed by atoms with E-state index < -0.39 is 24.2 Å². The Morgan fingerprint density at radius 3 is 2.87 bits per heavy atom. The molecule has 0 saturated heterocycles. The van der Waals surface area contributed by atoms with Crippen molar-refractivity contribution in [2.45, 2.75) is 6.54 Å². The summed E-state index contributed by atoms with van der Waals surface area (Å²) in [7, 11) is 0. The molecular weight excluding hydrogens is 380 g/mol. The van der Waals surface area contributed by atoms with E-state index in [2.05, 4.69) is 30.7 Å². The average Bonchev–Trinajstić information content (AvgIpc) is 2.84. The molecule has 0 aromatic carbocycles. The van der Waals surface area contributed by atoms with E-state index in [1.807, 2.05) is 0 Å². The Morgan fingerprint density at radius 1 is 1.52 bits per heavy atom. The molecule has 0 aliphatic rings. The number of primary amides is 1. The Labute approximate surface area is 136 Å². The summed E-state index contributed by atoms with van der Waals surface area (Å²) in [6.45, 7) is -0.732. The van der Waals surface area contributed by atoms with Gasteiger partial charge in [-0.1, -0.05) is 0 Å². The van der Waals surface area contributed by atoms with Gasteiger partial charge in [-0.15, -0.1) is 0 Å². The van der Waals surface area contributed by atoms with E-state index >= 15 is 0 Å². The minimum absolute atomic E-state index is 0.0552. The van der Waals surface area contributed by atoms with Crippen LogP contribution in [0.5, 0.6) is 0 Å². The molecule has 8 nitrogen and oxygen atoms in total. The van der Waals surface area contributed by atoms with Gasteiger partial charge >= 0.3 is 11.8 Å². The van der Waals surface area contributed by atoms with Gasteiger partial charge in [-0.2, -0.15) is 5.10 Å². The minimum atomic E-state index is -1.08. The van der Waals surface area contributed by atoms with E-state index in [9.17, 15) is 18.4 Å². The second-order valence-electron chi connectivity index (χ2n) is 4.28. The first-order chi connectivity index (χ1) is 10.9. The summed E-state index contributed by atoms with van der Waals surface area (Å²) >= 11 is 3.05. The third-order valence-corrected chi connectivity index (χ3v) is 3.09. The molecule has 0 unspecified atom stereocenters. The van der Waals surface area contributed by atoms with Crippen LogP contribution in [0.3, 0.4) is 0 Å². The first kappa shape index (κ1) is 16.8. The summed E-state index contributed by atoms with van der Waals surface area (Å²) in [5.74, 6) is -0.983. The first-order valence-corrected chi connectivity index (χ1v) is 6.88. The highest BCUT2D eigenvalue weighted by atomic mass is 79.9. The van der Waals surface area contributed by atoms with Crippen LogP contribution in [0.1, 0.15) is 0 Å². The van der Waals surface area contributed by atoms with Gasteiger partial charge in [0.2, 0.25) is 0 Å². The van der Waals surface area contributed by atoms with Crippen molar-refractivity contribution in [3.05, 3.63) is 51.3 Å². The van der Waals surface area contributed by atoms with E-state index in [1.165, 1.54) is 6.20 Å². The van der Waals surface area contributed by atoms with Crippen LogP contribution in [0, 0.1) is 5.82 Å². The third kappa shape index (κ3) is 4.00. The highest BCUT2D eigenvalue weighted by Crippen LogP contribution is 2.14. The molecule has 2 rings (SSSR count).